The number of benzene rings is 2. The fraction of sp³-hybridized carbons (Fsp3) is 0.190. The van der Waals surface area contributed by atoms with E-state index in [2.05, 4.69) is 15.6 Å². The zero-order chi connectivity index (χ0) is 20.8. The number of hydrogen-bond donors (Lipinski definition) is 2. The molecule has 2 aromatic carbocycles. The van der Waals surface area contributed by atoms with E-state index in [1.54, 1.807) is 31.3 Å². The minimum atomic E-state index is -0.743. The summed E-state index contributed by atoms with van der Waals surface area (Å²) in [4.78, 5) is 27.6. The van der Waals surface area contributed by atoms with E-state index >= 15 is 0 Å². The third-order valence-corrected chi connectivity index (χ3v) is 4.25. The Morgan fingerprint density at radius 2 is 1.86 bits per heavy atom. The number of halogens is 2. The molecule has 0 bridgehead atoms. The van der Waals surface area contributed by atoms with Gasteiger partial charge in [0.1, 0.15) is 11.6 Å². The van der Waals surface area contributed by atoms with Gasteiger partial charge in [-0.3, -0.25) is 9.59 Å². The normalized spacial score (nSPS) is 10.6. The summed E-state index contributed by atoms with van der Waals surface area (Å²) in [6, 6.07) is 10.1. The summed E-state index contributed by atoms with van der Waals surface area (Å²) in [5, 5.41) is 5.32. The minimum absolute atomic E-state index is 0.106. The Labute approximate surface area is 166 Å². The number of amides is 2. The second-order valence-electron chi connectivity index (χ2n) is 6.30. The summed E-state index contributed by atoms with van der Waals surface area (Å²) in [7, 11) is 1.56. The van der Waals surface area contributed by atoms with Crippen molar-refractivity contribution in [3.63, 3.8) is 0 Å². The molecule has 0 saturated carbocycles. The van der Waals surface area contributed by atoms with Crippen molar-refractivity contribution in [2.75, 3.05) is 7.05 Å². The third kappa shape index (κ3) is 5.25. The lowest BCUT2D eigenvalue weighted by molar-refractivity contribution is -0.121. The lowest BCUT2D eigenvalue weighted by Crippen LogP contribution is -2.23. The van der Waals surface area contributed by atoms with E-state index in [9.17, 15) is 18.4 Å². The molecule has 2 amide bonds. The Balaban J connectivity index is 1.50. The van der Waals surface area contributed by atoms with Crippen molar-refractivity contribution in [2.45, 2.75) is 19.4 Å². The molecule has 8 heteroatoms. The average molecular weight is 399 g/mol. The van der Waals surface area contributed by atoms with Crippen LogP contribution in [0.3, 0.4) is 0 Å². The van der Waals surface area contributed by atoms with Gasteiger partial charge in [0.05, 0.1) is 11.8 Å². The van der Waals surface area contributed by atoms with Crippen molar-refractivity contribution < 1.29 is 22.8 Å². The van der Waals surface area contributed by atoms with Crippen LogP contribution in [0.1, 0.15) is 28.2 Å². The molecule has 1 heterocycles. The molecule has 0 unspecified atom stereocenters. The number of rotatable bonds is 7. The molecular formula is C21H19F2N3O3. The standard InChI is InChI=1S/C21H19F2N3O3/c1-24-21(28)14-4-2-13(3-5-14)11-25-19(27)8-9-20-26-12-18(29-20)16-7-6-15(22)10-17(16)23/h2-7,10,12H,8-9,11H2,1H3,(H,24,28)(H,25,27). The monoisotopic (exact) mass is 399 g/mol. The fourth-order valence-electron chi connectivity index (χ4n) is 2.67. The number of aryl methyl sites for hydroxylation is 1. The molecule has 0 aliphatic carbocycles. The molecule has 150 valence electrons. The smallest absolute Gasteiger partial charge is 0.251 e. The summed E-state index contributed by atoms with van der Waals surface area (Å²) in [6.07, 6.45) is 1.73. The molecular weight excluding hydrogens is 380 g/mol. The van der Waals surface area contributed by atoms with E-state index < -0.39 is 11.6 Å². The number of oxazole rings is 1. The second-order valence-corrected chi connectivity index (χ2v) is 6.30. The number of aromatic nitrogens is 1. The third-order valence-electron chi connectivity index (χ3n) is 4.25. The first-order valence-electron chi connectivity index (χ1n) is 8.94. The van der Waals surface area contributed by atoms with E-state index in [1.165, 1.54) is 12.3 Å². The predicted octanol–water partition coefficient (Wildman–Crippen LogP) is 3.23. The number of carbonyl (C=O) groups is 2. The van der Waals surface area contributed by atoms with Gasteiger partial charge in [-0.25, -0.2) is 13.8 Å². The SMILES string of the molecule is CNC(=O)c1ccc(CNC(=O)CCc2ncc(-c3ccc(F)cc3F)o2)cc1. The molecule has 0 atom stereocenters. The highest BCUT2D eigenvalue weighted by Gasteiger charge is 2.13. The molecule has 3 aromatic rings. The molecule has 0 saturated heterocycles. The number of hydrogen-bond acceptors (Lipinski definition) is 4. The minimum Gasteiger partial charge on any atom is -0.441 e. The van der Waals surface area contributed by atoms with Gasteiger partial charge in [-0.1, -0.05) is 12.1 Å². The topological polar surface area (TPSA) is 84.2 Å². The largest absolute Gasteiger partial charge is 0.441 e. The molecule has 29 heavy (non-hydrogen) atoms. The molecule has 0 spiro atoms. The van der Waals surface area contributed by atoms with Crippen LogP contribution >= 0.6 is 0 Å². The van der Waals surface area contributed by atoms with Gasteiger partial charge in [0.15, 0.2) is 11.7 Å². The maximum atomic E-state index is 13.8. The summed E-state index contributed by atoms with van der Waals surface area (Å²) in [6.45, 7) is 0.324. The highest BCUT2D eigenvalue weighted by molar-refractivity contribution is 5.93. The number of carbonyl (C=O) groups excluding carboxylic acids is 2. The van der Waals surface area contributed by atoms with Crippen LogP contribution in [0.25, 0.3) is 11.3 Å². The maximum absolute atomic E-state index is 13.8. The molecule has 0 aliphatic rings. The van der Waals surface area contributed by atoms with Crippen molar-refractivity contribution in [2.24, 2.45) is 0 Å². The van der Waals surface area contributed by atoms with Crippen LogP contribution < -0.4 is 10.6 Å². The maximum Gasteiger partial charge on any atom is 0.251 e. The molecule has 6 nitrogen and oxygen atoms in total. The van der Waals surface area contributed by atoms with Crippen LogP contribution in [0, 0.1) is 11.6 Å². The zero-order valence-electron chi connectivity index (χ0n) is 15.7. The first kappa shape index (κ1) is 20.2. The highest BCUT2D eigenvalue weighted by Crippen LogP contribution is 2.24. The second kappa shape index (κ2) is 9.09. The summed E-state index contributed by atoms with van der Waals surface area (Å²) in [5.41, 5.74) is 1.51. The van der Waals surface area contributed by atoms with Gasteiger partial charge in [0, 0.05) is 38.1 Å². The summed E-state index contributed by atoms with van der Waals surface area (Å²) >= 11 is 0. The molecule has 2 N–H and O–H groups in total. The quantitative estimate of drug-likeness (QED) is 0.639. The van der Waals surface area contributed by atoms with Crippen molar-refractivity contribution in [1.82, 2.24) is 15.6 Å². The average Bonchev–Trinajstić information content (AvgIpc) is 3.19. The van der Waals surface area contributed by atoms with Gasteiger partial charge in [-0.2, -0.15) is 0 Å². The lowest BCUT2D eigenvalue weighted by Gasteiger charge is -2.06. The first-order chi connectivity index (χ1) is 14.0. The Morgan fingerprint density at radius 1 is 1.10 bits per heavy atom. The van der Waals surface area contributed by atoms with Gasteiger partial charge >= 0.3 is 0 Å². The molecule has 0 radical (unpaired) electrons. The molecule has 0 fully saturated rings. The molecule has 3 rings (SSSR count). The van der Waals surface area contributed by atoms with Crippen molar-refractivity contribution in [1.29, 1.82) is 0 Å². The van der Waals surface area contributed by atoms with E-state index in [-0.39, 0.29) is 41.9 Å². The van der Waals surface area contributed by atoms with Gasteiger partial charge in [-0.15, -0.1) is 0 Å². The van der Waals surface area contributed by atoms with Gasteiger partial charge in [-0.05, 0) is 29.8 Å². The van der Waals surface area contributed by atoms with Gasteiger partial charge in [0.25, 0.3) is 5.91 Å². The van der Waals surface area contributed by atoms with E-state index in [4.69, 9.17) is 4.42 Å². The van der Waals surface area contributed by atoms with Crippen molar-refractivity contribution >= 4 is 11.8 Å². The Kier molecular flexibility index (Phi) is 6.33. The summed E-state index contributed by atoms with van der Waals surface area (Å²) < 4.78 is 32.3. The van der Waals surface area contributed by atoms with E-state index in [0.29, 0.717) is 12.1 Å². The van der Waals surface area contributed by atoms with E-state index in [1.807, 2.05) is 0 Å². The van der Waals surface area contributed by atoms with Crippen molar-refractivity contribution in [3.8, 4) is 11.3 Å². The Bertz CT molecular complexity index is 1020. The number of nitrogens with zero attached hydrogens (tertiary/aromatic N) is 1. The van der Waals surface area contributed by atoms with Crippen LogP contribution in [0.15, 0.2) is 53.1 Å². The number of nitrogens with one attached hydrogen (secondary N) is 2. The van der Waals surface area contributed by atoms with Crippen LogP contribution in [-0.2, 0) is 17.8 Å². The highest BCUT2D eigenvalue weighted by atomic mass is 19.1. The Hall–Kier alpha value is -3.55. The first-order valence-corrected chi connectivity index (χ1v) is 8.94. The van der Waals surface area contributed by atoms with Gasteiger partial charge in [0.2, 0.25) is 5.91 Å². The lowest BCUT2D eigenvalue weighted by atomic mass is 10.1. The van der Waals surface area contributed by atoms with Crippen LogP contribution in [0.2, 0.25) is 0 Å². The Morgan fingerprint density at radius 3 is 2.55 bits per heavy atom. The van der Waals surface area contributed by atoms with Crippen LogP contribution in [-0.4, -0.2) is 23.8 Å². The van der Waals surface area contributed by atoms with Crippen LogP contribution in [0.4, 0.5) is 8.78 Å². The van der Waals surface area contributed by atoms with Gasteiger partial charge < -0.3 is 15.1 Å². The fourth-order valence-corrected chi connectivity index (χ4v) is 2.67. The zero-order valence-corrected chi connectivity index (χ0v) is 15.7. The summed E-state index contributed by atoms with van der Waals surface area (Å²) in [5.74, 6) is -1.33. The van der Waals surface area contributed by atoms with E-state index in [0.717, 1.165) is 17.7 Å². The van der Waals surface area contributed by atoms with Crippen molar-refractivity contribution in [3.05, 3.63) is 77.3 Å². The predicted molar refractivity (Wildman–Crippen MR) is 102 cm³/mol. The molecule has 0 aliphatic heterocycles. The van der Waals surface area contributed by atoms with Crippen LogP contribution in [0.5, 0.6) is 0 Å². The molecule has 1 aromatic heterocycles.